The number of imidazole rings is 1. The first kappa shape index (κ1) is 14.1. The summed E-state index contributed by atoms with van der Waals surface area (Å²) < 4.78 is 2.62. The highest BCUT2D eigenvalue weighted by atomic mass is 79.9. The molecule has 100 valence electrons. The highest BCUT2D eigenvalue weighted by Crippen LogP contribution is 2.21. The molecule has 0 unspecified atom stereocenters. The number of amides is 1. The van der Waals surface area contributed by atoms with Gasteiger partial charge >= 0.3 is 0 Å². The van der Waals surface area contributed by atoms with Crippen LogP contribution >= 0.6 is 27.5 Å². The molecule has 6 heteroatoms. The van der Waals surface area contributed by atoms with Crippen molar-refractivity contribution in [2.24, 2.45) is 7.05 Å². The summed E-state index contributed by atoms with van der Waals surface area (Å²) in [4.78, 5) is 16.2. The van der Waals surface area contributed by atoms with Gasteiger partial charge < -0.3 is 9.88 Å². The van der Waals surface area contributed by atoms with Gasteiger partial charge in [-0.1, -0.05) is 11.6 Å². The Morgan fingerprint density at radius 1 is 1.53 bits per heavy atom. The van der Waals surface area contributed by atoms with Crippen LogP contribution < -0.4 is 5.32 Å². The number of aryl methyl sites for hydroxylation is 1. The molecule has 0 aliphatic carbocycles. The van der Waals surface area contributed by atoms with E-state index in [2.05, 4.69) is 26.2 Å². The van der Waals surface area contributed by atoms with Gasteiger partial charge in [-0.2, -0.15) is 0 Å². The van der Waals surface area contributed by atoms with E-state index in [4.69, 9.17) is 11.6 Å². The van der Waals surface area contributed by atoms with E-state index in [1.807, 2.05) is 17.8 Å². The van der Waals surface area contributed by atoms with Crippen LogP contribution in [-0.2, 0) is 13.5 Å². The number of benzene rings is 1. The lowest BCUT2D eigenvalue weighted by molar-refractivity contribution is 0.0953. The fourth-order valence-corrected chi connectivity index (χ4v) is 2.56. The Morgan fingerprint density at radius 3 is 2.95 bits per heavy atom. The zero-order valence-corrected chi connectivity index (χ0v) is 12.7. The molecule has 0 atom stereocenters. The zero-order chi connectivity index (χ0) is 13.8. The SMILES string of the molecule is Cn1ccnc1CCNC(=O)c1ccc(Cl)cc1Br. The van der Waals surface area contributed by atoms with Gasteiger partial charge in [0.05, 0.1) is 5.56 Å². The summed E-state index contributed by atoms with van der Waals surface area (Å²) in [6, 6.07) is 5.09. The number of nitrogens with zero attached hydrogens (tertiary/aromatic N) is 2. The molecule has 0 aliphatic heterocycles. The zero-order valence-electron chi connectivity index (χ0n) is 10.4. The van der Waals surface area contributed by atoms with Crippen LogP contribution in [0.5, 0.6) is 0 Å². The number of rotatable bonds is 4. The lowest BCUT2D eigenvalue weighted by Crippen LogP contribution is -2.26. The summed E-state index contributed by atoms with van der Waals surface area (Å²) in [5.74, 6) is 0.813. The highest BCUT2D eigenvalue weighted by molar-refractivity contribution is 9.10. The molecule has 1 amide bonds. The third-order valence-electron chi connectivity index (χ3n) is 2.73. The van der Waals surface area contributed by atoms with Crippen LogP contribution in [0.25, 0.3) is 0 Å². The Balaban J connectivity index is 1.93. The minimum absolute atomic E-state index is 0.127. The predicted molar refractivity (Wildman–Crippen MR) is 78.4 cm³/mol. The van der Waals surface area contributed by atoms with Crippen LogP contribution in [0, 0.1) is 0 Å². The normalized spacial score (nSPS) is 10.5. The minimum atomic E-state index is -0.127. The summed E-state index contributed by atoms with van der Waals surface area (Å²) >= 11 is 9.17. The van der Waals surface area contributed by atoms with Gasteiger partial charge in [0.2, 0.25) is 0 Å². The van der Waals surface area contributed by atoms with E-state index in [0.29, 0.717) is 28.0 Å². The number of aromatic nitrogens is 2. The van der Waals surface area contributed by atoms with Crippen molar-refractivity contribution >= 4 is 33.4 Å². The fraction of sp³-hybridized carbons (Fsp3) is 0.231. The molecule has 0 fully saturated rings. The van der Waals surface area contributed by atoms with Crippen molar-refractivity contribution in [3.8, 4) is 0 Å². The van der Waals surface area contributed by atoms with Crippen molar-refractivity contribution in [3.63, 3.8) is 0 Å². The second-order valence-electron chi connectivity index (χ2n) is 4.08. The average molecular weight is 343 g/mol. The molecule has 2 aromatic rings. The number of nitrogens with one attached hydrogen (secondary N) is 1. The largest absolute Gasteiger partial charge is 0.352 e. The second kappa shape index (κ2) is 6.21. The van der Waals surface area contributed by atoms with Crippen LogP contribution in [0.4, 0.5) is 0 Å². The van der Waals surface area contributed by atoms with E-state index in [1.165, 1.54) is 0 Å². The Bertz CT molecular complexity index is 597. The summed E-state index contributed by atoms with van der Waals surface area (Å²) in [5.41, 5.74) is 0.573. The maximum absolute atomic E-state index is 12.0. The van der Waals surface area contributed by atoms with Gasteiger partial charge in [0, 0.05) is 41.9 Å². The number of hydrogen-bond donors (Lipinski definition) is 1. The van der Waals surface area contributed by atoms with Gasteiger partial charge in [0.1, 0.15) is 5.82 Å². The van der Waals surface area contributed by atoms with Gasteiger partial charge in [-0.05, 0) is 34.1 Å². The van der Waals surface area contributed by atoms with Crippen molar-refractivity contribution < 1.29 is 4.79 Å². The van der Waals surface area contributed by atoms with Crippen molar-refractivity contribution in [2.45, 2.75) is 6.42 Å². The molecular weight excluding hydrogens is 330 g/mol. The molecule has 0 spiro atoms. The quantitative estimate of drug-likeness (QED) is 0.929. The van der Waals surface area contributed by atoms with E-state index in [9.17, 15) is 4.79 Å². The van der Waals surface area contributed by atoms with Crippen LogP contribution in [0.1, 0.15) is 16.2 Å². The van der Waals surface area contributed by atoms with Crippen LogP contribution in [0.2, 0.25) is 5.02 Å². The summed E-state index contributed by atoms with van der Waals surface area (Å²) in [6.07, 6.45) is 4.32. The molecule has 0 saturated heterocycles. The molecule has 2 rings (SSSR count). The number of carbonyl (C=O) groups excluding carboxylic acids is 1. The van der Waals surface area contributed by atoms with Gasteiger partial charge in [-0.15, -0.1) is 0 Å². The van der Waals surface area contributed by atoms with E-state index < -0.39 is 0 Å². The molecule has 0 radical (unpaired) electrons. The van der Waals surface area contributed by atoms with Crippen molar-refractivity contribution in [1.82, 2.24) is 14.9 Å². The highest BCUT2D eigenvalue weighted by Gasteiger charge is 2.10. The molecule has 4 nitrogen and oxygen atoms in total. The van der Waals surface area contributed by atoms with Crippen LogP contribution in [0.15, 0.2) is 35.1 Å². The monoisotopic (exact) mass is 341 g/mol. The summed E-state index contributed by atoms with van der Waals surface area (Å²) in [7, 11) is 1.93. The van der Waals surface area contributed by atoms with Crippen molar-refractivity contribution in [3.05, 3.63) is 51.5 Å². The molecular formula is C13H13BrClN3O. The first-order valence-electron chi connectivity index (χ1n) is 5.77. The molecule has 0 saturated carbocycles. The first-order valence-corrected chi connectivity index (χ1v) is 6.94. The Kier molecular flexibility index (Phi) is 4.61. The standard InChI is InChI=1S/C13H13BrClN3O/c1-18-7-6-16-12(18)4-5-17-13(19)10-3-2-9(15)8-11(10)14/h2-3,6-8H,4-5H2,1H3,(H,17,19). The average Bonchev–Trinajstić information content (AvgIpc) is 2.75. The van der Waals surface area contributed by atoms with E-state index in [1.54, 1.807) is 24.4 Å². The molecule has 1 heterocycles. The Labute approximate surface area is 124 Å². The third-order valence-corrected chi connectivity index (χ3v) is 3.62. The van der Waals surface area contributed by atoms with Gasteiger partial charge in [0.15, 0.2) is 0 Å². The van der Waals surface area contributed by atoms with E-state index >= 15 is 0 Å². The predicted octanol–water partition coefficient (Wildman–Crippen LogP) is 2.81. The van der Waals surface area contributed by atoms with Crippen LogP contribution in [-0.4, -0.2) is 22.0 Å². The lowest BCUT2D eigenvalue weighted by Gasteiger charge is -2.07. The molecule has 1 aromatic heterocycles. The van der Waals surface area contributed by atoms with Gasteiger partial charge in [-0.3, -0.25) is 4.79 Å². The second-order valence-corrected chi connectivity index (χ2v) is 5.38. The maximum atomic E-state index is 12.0. The Morgan fingerprint density at radius 2 is 2.32 bits per heavy atom. The Hall–Kier alpha value is -1.33. The van der Waals surface area contributed by atoms with E-state index in [0.717, 1.165) is 5.82 Å². The molecule has 0 aliphatic rings. The van der Waals surface area contributed by atoms with Crippen molar-refractivity contribution in [2.75, 3.05) is 6.54 Å². The smallest absolute Gasteiger partial charge is 0.252 e. The summed E-state index contributed by atoms with van der Waals surface area (Å²) in [6.45, 7) is 0.540. The summed E-state index contributed by atoms with van der Waals surface area (Å²) in [5, 5.41) is 3.45. The van der Waals surface area contributed by atoms with E-state index in [-0.39, 0.29) is 5.91 Å². The number of hydrogen-bond acceptors (Lipinski definition) is 2. The van der Waals surface area contributed by atoms with Gasteiger partial charge in [-0.25, -0.2) is 4.98 Å². The van der Waals surface area contributed by atoms with Crippen LogP contribution in [0.3, 0.4) is 0 Å². The molecule has 19 heavy (non-hydrogen) atoms. The fourth-order valence-electron chi connectivity index (χ4n) is 1.69. The number of halogens is 2. The topological polar surface area (TPSA) is 46.9 Å². The minimum Gasteiger partial charge on any atom is -0.352 e. The first-order chi connectivity index (χ1) is 9.08. The number of carbonyl (C=O) groups is 1. The third kappa shape index (κ3) is 3.58. The molecule has 1 N–H and O–H groups in total. The maximum Gasteiger partial charge on any atom is 0.252 e. The molecule has 1 aromatic carbocycles. The lowest BCUT2D eigenvalue weighted by atomic mass is 10.2. The van der Waals surface area contributed by atoms with Crippen molar-refractivity contribution in [1.29, 1.82) is 0 Å². The van der Waals surface area contributed by atoms with Gasteiger partial charge in [0.25, 0.3) is 5.91 Å². The molecule has 0 bridgehead atoms.